The molecule has 0 amide bonds. The summed E-state index contributed by atoms with van der Waals surface area (Å²) in [7, 11) is 1.52. The van der Waals surface area contributed by atoms with E-state index in [1.165, 1.54) is 96.9 Å². The first kappa shape index (κ1) is 20.6. The van der Waals surface area contributed by atoms with Gasteiger partial charge in [-0.25, -0.2) is 4.98 Å². The van der Waals surface area contributed by atoms with Crippen molar-refractivity contribution in [1.29, 1.82) is 0 Å². The lowest BCUT2D eigenvalue weighted by atomic mass is 9.96. The molecule has 4 heteroatoms. The van der Waals surface area contributed by atoms with Crippen LogP contribution in [0.3, 0.4) is 0 Å². The molecule has 30 heavy (non-hydrogen) atoms. The fourth-order valence-electron chi connectivity index (χ4n) is 3.96. The van der Waals surface area contributed by atoms with E-state index in [0.29, 0.717) is 5.88 Å². The maximum absolute atomic E-state index is 7.66. The van der Waals surface area contributed by atoms with Crippen LogP contribution >= 0.6 is 0 Å². The number of unbranched alkanes of at least 4 members (excludes halogenated alkanes) is 13. The molecule has 0 N–H and O–H groups in total. The van der Waals surface area contributed by atoms with Crippen LogP contribution in [0.2, 0.25) is 0 Å². The van der Waals surface area contributed by atoms with Crippen LogP contribution in [0, 0.1) is 0 Å². The molecular formula is C26H47N3O. The van der Waals surface area contributed by atoms with Crippen molar-refractivity contribution in [3.8, 4) is 5.88 Å². The number of rotatable bonds is 18. The van der Waals surface area contributed by atoms with E-state index in [4.69, 9.17) is 8.85 Å². The van der Waals surface area contributed by atoms with Crippen molar-refractivity contribution < 1.29 is 8.85 Å². The number of aryl methyl sites for hydroxylation is 1. The highest BCUT2D eigenvalue weighted by Crippen LogP contribution is 2.25. The summed E-state index contributed by atoms with van der Waals surface area (Å²) in [5, 5.41) is 0. The van der Waals surface area contributed by atoms with Gasteiger partial charge in [0.05, 0.1) is 0 Å². The molecule has 1 heterocycles. The van der Waals surface area contributed by atoms with Gasteiger partial charge < -0.3 is 9.64 Å². The van der Waals surface area contributed by atoms with Gasteiger partial charge in [-0.2, -0.15) is 4.98 Å². The Bertz CT molecular complexity index is 650. The summed E-state index contributed by atoms with van der Waals surface area (Å²) in [5.41, 5.74) is 0.879. The van der Waals surface area contributed by atoms with Crippen molar-refractivity contribution in [2.24, 2.45) is 0 Å². The Morgan fingerprint density at radius 3 is 1.97 bits per heavy atom. The summed E-state index contributed by atoms with van der Waals surface area (Å²) in [6.07, 6.45) is 23.0. The van der Waals surface area contributed by atoms with Gasteiger partial charge in [0.25, 0.3) is 0 Å². The van der Waals surface area contributed by atoms with Gasteiger partial charge in [0.2, 0.25) is 11.8 Å². The lowest BCUT2D eigenvalue weighted by Gasteiger charge is -2.26. The second-order valence-corrected chi connectivity index (χ2v) is 9.07. The fourth-order valence-corrected chi connectivity index (χ4v) is 3.96. The van der Waals surface area contributed by atoms with Crippen LogP contribution in [0.15, 0.2) is 6.07 Å². The first-order valence-electron chi connectivity index (χ1n) is 14.2. The van der Waals surface area contributed by atoms with Gasteiger partial charge in [-0.15, -0.1) is 0 Å². The van der Waals surface area contributed by atoms with Crippen molar-refractivity contribution in [1.82, 2.24) is 9.97 Å². The fraction of sp³-hybridized carbons (Fsp3) is 0.846. The first-order valence-corrected chi connectivity index (χ1v) is 12.7. The number of hydrogen-bond acceptors (Lipinski definition) is 4. The standard InChI is InChI=1S/C26H47N3O/c1-4-5-6-7-8-9-10-11-12-13-14-15-16-17-19-23-22-25(30-24-20-18-21-24)28-26(27-23)29(2)3/h22,24H,4-21H2,1-3H3/i2D3. The number of hydrogen-bond donors (Lipinski definition) is 0. The highest BCUT2D eigenvalue weighted by atomic mass is 16.5. The molecule has 0 saturated heterocycles. The third kappa shape index (κ3) is 10.6. The topological polar surface area (TPSA) is 38.2 Å². The van der Waals surface area contributed by atoms with Crippen molar-refractivity contribution in [2.75, 3.05) is 18.9 Å². The minimum absolute atomic E-state index is 0.208. The molecule has 0 unspecified atom stereocenters. The van der Waals surface area contributed by atoms with Crippen LogP contribution in [0.5, 0.6) is 5.88 Å². The maximum Gasteiger partial charge on any atom is 0.228 e. The van der Waals surface area contributed by atoms with Crippen LogP contribution in [-0.4, -0.2) is 30.1 Å². The monoisotopic (exact) mass is 420 g/mol. The quantitative estimate of drug-likeness (QED) is 0.230. The van der Waals surface area contributed by atoms with Crippen LogP contribution in [0.4, 0.5) is 5.95 Å². The maximum atomic E-state index is 7.66. The van der Waals surface area contributed by atoms with E-state index in [-0.39, 0.29) is 12.1 Å². The molecule has 1 aliphatic rings. The van der Waals surface area contributed by atoms with E-state index >= 15 is 0 Å². The summed E-state index contributed by atoms with van der Waals surface area (Å²) in [6, 6.07) is 1.90. The van der Waals surface area contributed by atoms with Gasteiger partial charge in [0, 0.05) is 29.9 Å². The molecule has 0 aliphatic heterocycles. The van der Waals surface area contributed by atoms with Crippen LogP contribution < -0.4 is 9.64 Å². The zero-order valence-electron chi connectivity index (χ0n) is 22.6. The normalized spacial score (nSPS) is 15.9. The van der Waals surface area contributed by atoms with Gasteiger partial charge in [0.1, 0.15) is 6.10 Å². The first-order chi connectivity index (χ1) is 15.9. The second kappa shape index (κ2) is 15.5. The molecule has 0 aromatic carbocycles. The molecule has 1 fully saturated rings. The summed E-state index contributed by atoms with van der Waals surface area (Å²) in [5.74, 6) is 0.744. The highest BCUT2D eigenvalue weighted by molar-refractivity contribution is 5.32. The average molecular weight is 421 g/mol. The number of anilines is 1. The van der Waals surface area contributed by atoms with Crippen LogP contribution in [0.25, 0.3) is 0 Å². The zero-order chi connectivity index (χ0) is 23.9. The Morgan fingerprint density at radius 2 is 1.47 bits per heavy atom. The second-order valence-electron chi connectivity index (χ2n) is 9.07. The van der Waals surface area contributed by atoms with Gasteiger partial charge in [-0.3, -0.25) is 0 Å². The summed E-state index contributed by atoms with van der Waals surface area (Å²) in [6.45, 7) is 0.0110. The highest BCUT2D eigenvalue weighted by Gasteiger charge is 2.20. The number of nitrogens with zero attached hydrogens (tertiary/aromatic N) is 3. The zero-order valence-corrected chi connectivity index (χ0v) is 19.6. The Balaban J connectivity index is 1.63. The van der Waals surface area contributed by atoms with Crippen molar-refractivity contribution >= 4 is 5.95 Å². The van der Waals surface area contributed by atoms with Gasteiger partial charge in [-0.1, -0.05) is 90.4 Å². The molecule has 172 valence electrons. The predicted octanol–water partition coefficient (Wildman–Crippen LogP) is 7.50. The summed E-state index contributed by atoms with van der Waals surface area (Å²) in [4.78, 5) is 10.1. The minimum atomic E-state index is -2.26. The molecule has 2 rings (SSSR count). The lowest BCUT2D eigenvalue weighted by Crippen LogP contribution is -2.25. The SMILES string of the molecule is [2H]C([2H])([2H])N(C)c1nc(CCCCCCCCCCCCCCCC)cc(OC2CCC2)n1. The summed E-state index contributed by atoms with van der Waals surface area (Å²) < 4.78 is 28.9. The molecule has 1 aliphatic carbocycles. The molecule has 0 bridgehead atoms. The molecule has 1 aromatic rings. The third-order valence-electron chi connectivity index (χ3n) is 6.17. The van der Waals surface area contributed by atoms with E-state index in [1.54, 1.807) is 0 Å². The predicted molar refractivity (Wildman–Crippen MR) is 129 cm³/mol. The Morgan fingerprint density at radius 1 is 0.900 bits per heavy atom. The van der Waals surface area contributed by atoms with E-state index in [9.17, 15) is 0 Å². The molecule has 4 nitrogen and oxygen atoms in total. The minimum Gasteiger partial charge on any atom is -0.474 e. The van der Waals surface area contributed by atoms with Crippen molar-refractivity contribution in [3.63, 3.8) is 0 Å². The summed E-state index contributed by atoms with van der Waals surface area (Å²) >= 11 is 0. The average Bonchev–Trinajstić information content (AvgIpc) is 2.75. The van der Waals surface area contributed by atoms with E-state index < -0.39 is 6.98 Å². The van der Waals surface area contributed by atoms with Crippen LogP contribution in [0.1, 0.15) is 126 Å². The van der Waals surface area contributed by atoms with E-state index in [0.717, 1.165) is 36.3 Å². The van der Waals surface area contributed by atoms with Crippen molar-refractivity contribution in [3.05, 3.63) is 11.8 Å². The molecule has 1 saturated carbocycles. The smallest absolute Gasteiger partial charge is 0.228 e. The largest absolute Gasteiger partial charge is 0.474 e. The van der Waals surface area contributed by atoms with Gasteiger partial charge in [-0.05, 0) is 32.1 Å². The molecular weight excluding hydrogens is 370 g/mol. The Hall–Kier alpha value is -1.32. The Kier molecular flexibility index (Phi) is 10.6. The van der Waals surface area contributed by atoms with Gasteiger partial charge >= 0.3 is 0 Å². The van der Waals surface area contributed by atoms with Gasteiger partial charge in [0.15, 0.2) is 0 Å². The van der Waals surface area contributed by atoms with E-state index in [2.05, 4.69) is 16.9 Å². The van der Waals surface area contributed by atoms with E-state index in [1.807, 2.05) is 6.07 Å². The number of aromatic nitrogens is 2. The lowest BCUT2D eigenvalue weighted by molar-refractivity contribution is 0.114. The molecule has 0 radical (unpaired) electrons. The van der Waals surface area contributed by atoms with Crippen LogP contribution in [-0.2, 0) is 6.42 Å². The Labute approximate surface area is 190 Å². The molecule has 0 spiro atoms. The molecule has 1 aromatic heterocycles. The van der Waals surface area contributed by atoms with Crippen molar-refractivity contribution in [2.45, 2.75) is 129 Å². The third-order valence-corrected chi connectivity index (χ3v) is 6.17. The number of ether oxygens (including phenoxy) is 1. The molecule has 0 atom stereocenters.